The molecule has 98 valence electrons. The number of aromatic nitrogens is 2. The van der Waals surface area contributed by atoms with E-state index in [0.29, 0.717) is 31.3 Å². The summed E-state index contributed by atoms with van der Waals surface area (Å²) in [6.07, 6.45) is 1.69. The van der Waals surface area contributed by atoms with Crippen LogP contribution in [0.15, 0.2) is 0 Å². The predicted molar refractivity (Wildman–Crippen MR) is 64.7 cm³/mol. The molecule has 0 radical (unpaired) electrons. The fourth-order valence-electron chi connectivity index (χ4n) is 2.32. The highest BCUT2D eigenvalue weighted by Crippen LogP contribution is 2.31. The number of ether oxygens (including phenoxy) is 2. The highest BCUT2D eigenvalue weighted by Gasteiger charge is 2.42. The highest BCUT2D eigenvalue weighted by molar-refractivity contribution is 7.17. The average Bonchev–Trinajstić information content (AvgIpc) is 2.98. The number of hydrogen-bond donors (Lipinski definition) is 0. The van der Waals surface area contributed by atoms with Gasteiger partial charge in [-0.15, -0.1) is 10.2 Å². The molecule has 1 amide bonds. The summed E-state index contributed by atoms with van der Waals surface area (Å²) in [6.45, 7) is 2.31. The summed E-state index contributed by atoms with van der Waals surface area (Å²) in [5.41, 5.74) is 0. The van der Waals surface area contributed by atoms with Crippen LogP contribution in [0.1, 0.15) is 22.6 Å². The van der Waals surface area contributed by atoms with E-state index in [1.165, 1.54) is 0 Å². The molecule has 1 aromatic rings. The monoisotopic (exact) mass is 289 g/mol. The van der Waals surface area contributed by atoms with Crippen molar-refractivity contribution < 1.29 is 14.3 Å². The number of carbonyl (C=O) groups is 1. The van der Waals surface area contributed by atoms with Crippen LogP contribution in [0.3, 0.4) is 0 Å². The van der Waals surface area contributed by atoms with Gasteiger partial charge in [0.25, 0.3) is 5.91 Å². The van der Waals surface area contributed by atoms with Crippen LogP contribution in [0.4, 0.5) is 0 Å². The normalized spacial score (nSPS) is 22.6. The first kappa shape index (κ1) is 12.3. The zero-order valence-electron chi connectivity index (χ0n) is 9.60. The van der Waals surface area contributed by atoms with Crippen molar-refractivity contribution >= 4 is 28.8 Å². The van der Waals surface area contributed by atoms with Gasteiger partial charge in [0.2, 0.25) is 9.47 Å². The smallest absolute Gasteiger partial charge is 0.285 e. The summed E-state index contributed by atoms with van der Waals surface area (Å²) >= 11 is 6.78. The van der Waals surface area contributed by atoms with E-state index >= 15 is 0 Å². The molecule has 0 aliphatic carbocycles. The van der Waals surface area contributed by atoms with Gasteiger partial charge < -0.3 is 14.4 Å². The molecular formula is C10H12ClN3O3S. The van der Waals surface area contributed by atoms with E-state index in [1.54, 1.807) is 4.90 Å². The lowest BCUT2D eigenvalue weighted by Crippen LogP contribution is -2.51. The van der Waals surface area contributed by atoms with Gasteiger partial charge in [0.1, 0.15) is 0 Å². The minimum absolute atomic E-state index is 0.155. The molecule has 2 aliphatic heterocycles. The van der Waals surface area contributed by atoms with Gasteiger partial charge in [-0.1, -0.05) is 11.3 Å². The summed E-state index contributed by atoms with van der Waals surface area (Å²) in [7, 11) is 0. The van der Waals surface area contributed by atoms with E-state index in [9.17, 15) is 4.79 Å². The number of piperidine rings is 1. The van der Waals surface area contributed by atoms with Crippen molar-refractivity contribution in [1.29, 1.82) is 0 Å². The molecule has 2 aliphatic rings. The van der Waals surface area contributed by atoms with Gasteiger partial charge in [0.05, 0.1) is 19.8 Å². The van der Waals surface area contributed by atoms with Gasteiger partial charge in [-0.2, -0.15) is 0 Å². The lowest BCUT2D eigenvalue weighted by Gasteiger charge is -2.38. The minimum atomic E-state index is -0.609. The number of carbonyl (C=O) groups excluding carboxylic acids is 1. The third kappa shape index (κ3) is 2.23. The third-order valence-corrected chi connectivity index (χ3v) is 4.11. The van der Waals surface area contributed by atoms with E-state index in [-0.39, 0.29) is 10.4 Å². The number of halogens is 1. The first-order valence-electron chi connectivity index (χ1n) is 5.75. The summed E-state index contributed by atoms with van der Waals surface area (Å²) in [6, 6.07) is 0. The standard InChI is InChI=1S/C10H12ClN3O3S/c11-9-13-12-7(18-9)8(15)14-3-1-2-10(6-14)16-4-5-17-10/h1-6H2. The van der Waals surface area contributed by atoms with Crippen molar-refractivity contribution in [3.63, 3.8) is 0 Å². The maximum absolute atomic E-state index is 12.2. The van der Waals surface area contributed by atoms with Crippen LogP contribution < -0.4 is 0 Å². The molecule has 6 nitrogen and oxygen atoms in total. The molecule has 0 N–H and O–H groups in total. The molecule has 0 atom stereocenters. The van der Waals surface area contributed by atoms with E-state index in [2.05, 4.69) is 10.2 Å². The van der Waals surface area contributed by atoms with Gasteiger partial charge in [0, 0.05) is 13.0 Å². The summed E-state index contributed by atoms with van der Waals surface area (Å²) in [5.74, 6) is -0.764. The average molecular weight is 290 g/mol. The summed E-state index contributed by atoms with van der Waals surface area (Å²) in [4.78, 5) is 13.9. The lowest BCUT2D eigenvalue weighted by molar-refractivity contribution is -0.183. The molecule has 3 rings (SSSR count). The molecule has 0 unspecified atom stereocenters. The number of likely N-dealkylation sites (tertiary alicyclic amines) is 1. The topological polar surface area (TPSA) is 64.6 Å². The fourth-order valence-corrected chi connectivity index (χ4v) is 3.12. The van der Waals surface area contributed by atoms with Gasteiger partial charge in [-0.25, -0.2) is 0 Å². The molecule has 8 heteroatoms. The van der Waals surface area contributed by atoms with Crippen molar-refractivity contribution in [1.82, 2.24) is 15.1 Å². The molecular weight excluding hydrogens is 278 g/mol. The Hall–Kier alpha value is -0.760. The van der Waals surface area contributed by atoms with Crippen molar-refractivity contribution in [2.75, 3.05) is 26.3 Å². The van der Waals surface area contributed by atoms with Crippen LogP contribution >= 0.6 is 22.9 Å². The van der Waals surface area contributed by atoms with Crippen LogP contribution in [-0.2, 0) is 9.47 Å². The van der Waals surface area contributed by atoms with E-state index in [4.69, 9.17) is 21.1 Å². The Labute approximate surface area is 113 Å². The Morgan fingerprint density at radius 3 is 2.83 bits per heavy atom. The molecule has 0 bridgehead atoms. The van der Waals surface area contributed by atoms with Crippen LogP contribution in [0.5, 0.6) is 0 Å². The fraction of sp³-hybridized carbons (Fsp3) is 0.700. The first-order chi connectivity index (χ1) is 8.69. The second-order valence-electron chi connectivity index (χ2n) is 4.30. The zero-order chi connectivity index (χ0) is 12.6. The van der Waals surface area contributed by atoms with Crippen LogP contribution in [-0.4, -0.2) is 53.1 Å². The van der Waals surface area contributed by atoms with Crippen LogP contribution in [0.25, 0.3) is 0 Å². The number of rotatable bonds is 1. The lowest BCUT2D eigenvalue weighted by atomic mass is 10.0. The number of nitrogens with zero attached hydrogens (tertiary/aromatic N) is 3. The zero-order valence-corrected chi connectivity index (χ0v) is 11.2. The maximum atomic E-state index is 12.2. The molecule has 0 aromatic carbocycles. The second kappa shape index (κ2) is 4.73. The minimum Gasteiger partial charge on any atom is -0.346 e. The highest BCUT2D eigenvalue weighted by atomic mass is 35.5. The SMILES string of the molecule is O=C(c1nnc(Cl)s1)N1CCCC2(C1)OCCO2. The van der Waals surface area contributed by atoms with Crippen molar-refractivity contribution in [3.05, 3.63) is 9.47 Å². The Morgan fingerprint density at radius 1 is 1.39 bits per heavy atom. The van der Waals surface area contributed by atoms with Crippen LogP contribution in [0.2, 0.25) is 4.47 Å². The Morgan fingerprint density at radius 2 is 2.17 bits per heavy atom. The van der Waals surface area contributed by atoms with Gasteiger partial charge in [-0.05, 0) is 18.0 Å². The van der Waals surface area contributed by atoms with Gasteiger partial charge >= 0.3 is 0 Å². The Bertz CT molecular complexity index is 461. The molecule has 18 heavy (non-hydrogen) atoms. The first-order valence-corrected chi connectivity index (χ1v) is 6.94. The van der Waals surface area contributed by atoms with Crippen molar-refractivity contribution in [2.24, 2.45) is 0 Å². The van der Waals surface area contributed by atoms with Gasteiger partial charge in [0.15, 0.2) is 5.79 Å². The largest absolute Gasteiger partial charge is 0.346 e. The summed E-state index contributed by atoms with van der Waals surface area (Å²) in [5, 5.41) is 7.73. The summed E-state index contributed by atoms with van der Waals surface area (Å²) < 4.78 is 11.5. The molecule has 3 heterocycles. The Kier molecular flexibility index (Phi) is 3.23. The van der Waals surface area contributed by atoms with E-state index in [0.717, 1.165) is 24.2 Å². The second-order valence-corrected chi connectivity index (χ2v) is 5.86. The van der Waals surface area contributed by atoms with Crippen molar-refractivity contribution in [3.8, 4) is 0 Å². The quantitative estimate of drug-likeness (QED) is 0.776. The molecule has 0 saturated carbocycles. The number of amides is 1. The van der Waals surface area contributed by atoms with E-state index in [1.807, 2.05) is 0 Å². The predicted octanol–water partition coefficient (Wildman–Crippen LogP) is 1.17. The number of hydrogen-bond acceptors (Lipinski definition) is 6. The van der Waals surface area contributed by atoms with E-state index < -0.39 is 5.79 Å². The maximum Gasteiger partial charge on any atom is 0.285 e. The molecule has 1 aromatic heterocycles. The molecule has 2 saturated heterocycles. The molecule has 2 fully saturated rings. The van der Waals surface area contributed by atoms with Crippen LogP contribution in [0, 0.1) is 0 Å². The Balaban J connectivity index is 1.74. The third-order valence-electron chi connectivity index (χ3n) is 3.10. The van der Waals surface area contributed by atoms with Crippen molar-refractivity contribution in [2.45, 2.75) is 18.6 Å². The molecule has 1 spiro atoms. The van der Waals surface area contributed by atoms with Gasteiger partial charge in [-0.3, -0.25) is 4.79 Å².